The zero-order chi connectivity index (χ0) is 10.8. The van der Waals surface area contributed by atoms with Crippen LogP contribution >= 0.6 is 11.6 Å². The number of likely N-dealkylation sites (N-methyl/N-ethyl adjacent to an activating group) is 1. The van der Waals surface area contributed by atoms with Crippen molar-refractivity contribution in [2.24, 2.45) is 0 Å². The number of aromatic nitrogens is 1. The lowest BCUT2D eigenvalue weighted by Gasteiger charge is -1.94. The summed E-state index contributed by atoms with van der Waals surface area (Å²) in [6.07, 6.45) is 0. The Hall–Kier alpha value is -1.32. The molecule has 0 aliphatic heterocycles. The van der Waals surface area contributed by atoms with Gasteiger partial charge in [0, 0.05) is 15.9 Å². The summed E-state index contributed by atoms with van der Waals surface area (Å²) in [5.41, 5.74) is 1.54. The first kappa shape index (κ1) is 10.2. The van der Waals surface area contributed by atoms with Gasteiger partial charge in [0.05, 0.1) is 12.2 Å². The van der Waals surface area contributed by atoms with E-state index in [4.69, 9.17) is 11.6 Å². The Balaban J connectivity index is 2.42. The van der Waals surface area contributed by atoms with E-state index in [0.717, 1.165) is 10.9 Å². The molecule has 15 heavy (non-hydrogen) atoms. The van der Waals surface area contributed by atoms with Crippen molar-refractivity contribution in [1.29, 1.82) is 0 Å². The average Bonchev–Trinajstić information content (AvgIpc) is 2.60. The lowest BCUT2D eigenvalue weighted by Crippen LogP contribution is -2.18. The number of ketones is 1. The molecule has 78 valence electrons. The second-order valence-corrected chi connectivity index (χ2v) is 3.80. The largest absolute Gasteiger partial charge is 0.352 e. The van der Waals surface area contributed by atoms with Gasteiger partial charge in [0.1, 0.15) is 0 Å². The zero-order valence-electron chi connectivity index (χ0n) is 8.30. The predicted octanol–water partition coefficient (Wildman–Crippen LogP) is 2.22. The first-order valence-corrected chi connectivity index (χ1v) is 5.04. The molecule has 0 aliphatic rings. The van der Waals surface area contributed by atoms with Crippen LogP contribution in [0.5, 0.6) is 0 Å². The second kappa shape index (κ2) is 4.04. The fourth-order valence-corrected chi connectivity index (χ4v) is 1.69. The van der Waals surface area contributed by atoms with Gasteiger partial charge in [-0.3, -0.25) is 4.79 Å². The summed E-state index contributed by atoms with van der Waals surface area (Å²) in [7, 11) is 1.75. The molecule has 0 radical (unpaired) electrons. The molecule has 0 bridgehead atoms. The molecule has 1 heterocycles. The number of fused-ring (bicyclic) bond motifs is 1. The molecule has 1 aromatic heterocycles. The van der Waals surface area contributed by atoms with Gasteiger partial charge in [0.15, 0.2) is 5.78 Å². The Bertz CT molecular complexity index is 504. The number of hydrogen-bond acceptors (Lipinski definition) is 2. The molecule has 0 amide bonds. The fourth-order valence-electron chi connectivity index (χ4n) is 1.51. The van der Waals surface area contributed by atoms with Crippen molar-refractivity contribution in [1.82, 2.24) is 10.3 Å². The summed E-state index contributed by atoms with van der Waals surface area (Å²) in [5, 5.41) is 4.46. The number of halogens is 1. The highest BCUT2D eigenvalue weighted by atomic mass is 35.5. The van der Waals surface area contributed by atoms with Crippen LogP contribution in [0, 0.1) is 0 Å². The maximum absolute atomic E-state index is 11.6. The van der Waals surface area contributed by atoms with Crippen molar-refractivity contribution in [2.75, 3.05) is 13.6 Å². The number of nitrogens with one attached hydrogen (secondary N) is 2. The van der Waals surface area contributed by atoms with E-state index in [2.05, 4.69) is 10.3 Å². The number of Topliss-reactive ketones (excluding diaryl/α,β-unsaturated/α-hetero) is 1. The lowest BCUT2D eigenvalue weighted by molar-refractivity contribution is 0.0989. The van der Waals surface area contributed by atoms with Gasteiger partial charge >= 0.3 is 0 Å². The minimum Gasteiger partial charge on any atom is -0.352 e. The van der Waals surface area contributed by atoms with Crippen LogP contribution in [0.25, 0.3) is 10.9 Å². The summed E-state index contributed by atoms with van der Waals surface area (Å²) < 4.78 is 0. The van der Waals surface area contributed by atoms with E-state index < -0.39 is 0 Å². The molecular weight excluding hydrogens is 212 g/mol. The molecule has 2 rings (SSSR count). The number of H-pyrrole nitrogens is 1. The van der Waals surface area contributed by atoms with Crippen molar-refractivity contribution < 1.29 is 4.79 Å². The Labute approximate surface area is 92.4 Å². The Morgan fingerprint density at radius 2 is 2.27 bits per heavy atom. The Kier molecular flexibility index (Phi) is 2.75. The maximum Gasteiger partial charge on any atom is 0.192 e. The lowest BCUT2D eigenvalue weighted by atomic mass is 10.2. The van der Waals surface area contributed by atoms with Crippen LogP contribution in [0.1, 0.15) is 10.5 Å². The van der Waals surface area contributed by atoms with Gasteiger partial charge in [0.25, 0.3) is 0 Å². The van der Waals surface area contributed by atoms with Crippen LogP contribution in [0.2, 0.25) is 5.02 Å². The molecule has 0 saturated carbocycles. The average molecular weight is 223 g/mol. The van der Waals surface area contributed by atoms with Gasteiger partial charge in [-0.2, -0.15) is 0 Å². The molecule has 4 heteroatoms. The maximum atomic E-state index is 11.6. The van der Waals surface area contributed by atoms with E-state index in [0.29, 0.717) is 17.3 Å². The summed E-state index contributed by atoms with van der Waals surface area (Å²) in [4.78, 5) is 14.6. The molecular formula is C11H11ClN2O. The van der Waals surface area contributed by atoms with Crippen LogP contribution in [0.3, 0.4) is 0 Å². The van der Waals surface area contributed by atoms with Gasteiger partial charge in [0.2, 0.25) is 0 Å². The molecule has 0 saturated heterocycles. The van der Waals surface area contributed by atoms with E-state index >= 15 is 0 Å². The summed E-state index contributed by atoms with van der Waals surface area (Å²) in [6, 6.07) is 7.32. The standard InChI is InChI=1S/C11H11ClN2O/c1-13-6-11(15)10-5-7-4-8(12)2-3-9(7)14-10/h2-5,13-14H,6H2,1H3. The van der Waals surface area contributed by atoms with Crippen molar-refractivity contribution in [3.05, 3.63) is 35.0 Å². The number of hydrogen-bond donors (Lipinski definition) is 2. The molecule has 0 spiro atoms. The first-order valence-electron chi connectivity index (χ1n) is 4.67. The number of carbonyl (C=O) groups is 1. The Morgan fingerprint density at radius 3 is 3.00 bits per heavy atom. The van der Waals surface area contributed by atoms with Gasteiger partial charge in [-0.05, 0) is 31.3 Å². The normalized spacial score (nSPS) is 10.8. The third-order valence-corrected chi connectivity index (χ3v) is 2.46. The molecule has 0 atom stereocenters. The topological polar surface area (TPSA) is 44.9 Å². The van der Waals surface area contributed by atoms with Crippen molar-refractivity contribution in [3.8, 4) is 0 Å². The van der Waals surface area contributed by atoms with Gasteiger partial charge in [-0.15, -0.1) is 0 Å². The summed E-state index contributed by atoms with van der Waals surface area (Å²) in [5.74, 6) is 0.0461. The van der Waals surface area contributed by atoms with Gasteiger partial charge in [-0.1, -0.05) is 11.6 Å². The van der Waals surface area contributed by atoms with Crippen molar-refractivity contribution in [2.45, 2.75) is 0 Å². The van der Waals surface area contributed by atoms with Gasteiger partial charge in [-0.25, -0.2) is 0 Å². The van der Waals surface area contributed by atoms with Crippen molar-refractivity contribution >= 4 is 28.3 Å². The molecule has 0 unspecified atom stereocenters. The predicted molar refractivity (Wildman–Crippen MR) is 61.6 cm³/mol. The van der Waals surface area contributed by atoms with Crippen LogP contribution < -0.4 is 5.32 Å². The minimum absolute atomic E-state index is 0.0461. The highest BCUT2D eigenvalue weighted by Crippen LogP contribution is 2.20. The summed E-state index contributed by atoms with van der Waals surface area (Å²) in [6.45, 7) is 0.334. The quantitative estimate of drug-likeness (QED) is 0.783. The first-order chi connectivity index (χ1) is 7.20. The van der Waals surface area contributed by atoms with Gasteiger partial charge < -0.3 is 10.3 Å². The van der Waals surface area contributed by atoms with E-state index in [9.17, 15) is 4.79 Å². The molecule has 0 aliphatic carbocycles. The molecule has 2 N–H and O–H groups in total. The van der Waals surface area contributed by atoms with E-state index in [-0.39, 0.29) is 5.78 Å². The van der Waals surface area contributed by atoms with Crippen LogP contribution in [-0.4, -0.2) is 24.4 Å². The van der Waals surface area contributed by atoms with E-state index in [1.54, 1.807) is 13.1 Å². The zero-order valence-corrected chi connectivity index (χ0v) is 9.06. The third-order valence-electron chi connectivity index (χ3n) is 2.22. The molecule has 0 fully saturated rings. The SMILES string of the molecule is CNCC(=O)c1cc2cc(Cl)ccc2[nH]1. The van der Waals surface area contributed by atoms with E-state index in [1.807, 2.05) is 18.2 Å². The van der Waals surface area contributed by atoms with Crippen LogP contribution in [-0.2, 0) is 0 Å². The molecule has 3 nitrogen and oxygen atoms in total. The van der Waals surface area contributed by atoms with E-state index in [1.165, 1.54) is 0 Å². The van der Waals surface area contributed by atoms with Crippen molar-refractivity contribution in [3.63, 3.8) is 0 Å². The summed E-state index contributed by atoms with van der Waals surface area (Å²) >= 11 is 5.86. The fraction of sp³-hybridized carbons (Fsp3) is 0.182. The molecule has 1 aromatic carbocycles. The number of carbonyl (C=O) groups excluding carboxylic acids is 1. The monoisotopic (exact) mass is 222 g/mol. The third kappa shape index (κ3) is 2.03. The highest BCUT2D eigenvalue weighted by Gasteiger charge is 2.08. The minimum atomic E-state index is 0.0461. The number of aromatic amines is 1. The molecule has 2 aromatic rings. The second-order valence-electron chi connectivity index (χ2n) is 3.37. The number of rotatable bonds is 3. The smallest absolute Gasteiger partial charge is 0.192 e. The van der Waals surface area contributed by atoms with Crippen LogP contribution in [0.4, 0.5) is 0 Å². The highest BCUT2D eigenvalue weighted by molar-refractivity contribution is 6.31. The Morgan fingerprint density at radius 1 is 1.47 bits per heavy atom. The van der Waals surface area contributed by atoms with Crippen LogP contribution in [0.15, 0.2) is 24.3 Å². The number of benzene rings is 1.